The maximum atomic E-state index is 12.8. The molecule has 1 aliphatic heterocycles. The Morgan fingerprint density at radius 1 is 1.19 bits per heavy atom. The number of para-hydroxylation sites is 1. The van der Waals surface area contributed by atoms with Gasteiger partial charge in [0, 0.05) is 15.5 Å². The lowest BCUT2D eigenvalue weighted by Gasteiger charge is -2.30. The maximum absolute atomic E-state index is 12.8. The van der Waals surface area contributed by atoms with E-state index in [1.165, 1.54) is 0 Å². The van der Waals surface area contributed by atoms with Gasteiger partial charge < -0.3 is 10.0 Å². The van der Waals surface area contributed by atoms with E-state index in [0.717, 1.165) is 27.4 Å². The molecule has 1 aliphatic rings. The number of nitrogens with zero attached hydrogens (tertiary/aromatic N) is 1. The molecule has 0 aliphatic carbocycles. The van der Waals surface area contributed by atoms with Crippen molar-refractivity contribution in [1.82, 2.24) is 0 Å². The number of amides is 1. The number of rotatable bonds is 1. The van der Waals surface area contributed by atoms with Gasteiger partial charge in [0.05, 0.1) is 11.3 Å². The van der Waals surface area contributed by atoms with Gasteiger partial charge in [0.1, 0.15) is 5.75 Å². The van der Waals surface area contributed by atoms with E-state index < -0.39 is 0 Å². The Hall–Kier alpha value is -1.33. The minimum atomic E-state index is -0.100. The molecule has 0 saturated carbocycles. The van der Waals surface area contributed by atoms with Crippen LogP contribution in [0.4, 0.5) is 5.69 Å². The van der Waals surface area contributed by atoms with Gasteiger partial charge >= 0.3 is 0 Å². The van der Waals surface area contributed by atoms with E-state index in [9.17, 15) is 9.90 Å². The largest absolute Gasteiger partial charge is 0.506 e. The van der Waals surface area contributed by atoms with Crippen LogP contribution in [-0.4, -0.2) is 17.6 Å². The normalized spacial score (nSPS) is 13.9. The van der Waals surface area contributed by atoms with Crippen LogP contribution in [0, 0.1) is 0 Å². The number of hydrogen-bond donors (Lipinski definition) is 1. The number of anilines is 1. The van der Waals surface area contributed by atoms with Crippen molar-refractivity contribution in [2.45, 2.75) is 12.8 Å². The van der Waals surface area contributed by atoms with Gasteiger partial charge in [-0.15, -0.1) is 0 Å². The van der Waals surface area contributed by atoms with Crippen molar-refractivity contribution in [3.63, 3.8) is 0 Å². The second kappa shape index (κ2) is 5.81. The third-order valence-corrected chi connectivity index (χ3v) is 4.75. The van der Waals surface area contributed by atoms with Crippen LogP contribution in [0.15, 0.2) is 45.3 Å². The lowest BCUT2D eigenvalue weighted by Crippen LogP contribution is -2.35. The third-order valence-electron chi connectivity index (χ3n) is 3.60. The minimum Gasteiger partial charge on any atom is -0.506 e. The molecule has 0 unspecified atom stereocenters. The van der Waals surface area contributed by atoms with Crippen molar-refractivity contribution in [2.24, 2.45) is 0 Å². The van der Waals surface area contributed by atoms with Crippen LogP contribution in [0.3, 0.4) is 0 Å². The van der Waals surface area contributed by atoms with E-state index in [2.05, 4.69) is 31.9 Å². The molecule has 3 nitrogen and oxygen atoms in total. The molecule has 5 heteroatoms. The first-order valence-corrected chi connectivity index (χ1v) is 8.24. The fourth-order valence-corrected chi connectivity index (χ4v) is 3.86. The Morgan fingerprint density at radius 3 is 2.76 bits per heavy atom. The molecule has 1 heterocycles. The van der Waals surface area contributed by atoms with E-state index >= 15 is 0 Å². The van der Waals surface area contributed by atoms with Crippen molar-refractivity contribution in [1.29, 1.82) is 0 Å². The van der Waals surface area contributed by atoms with E-state index in [-0.39, 0.29) is 11.7 Å². The first-order chi connectivity index (χ1) is 10.1. The van der Waals surface area contributed by atoms with Gasteiger partial charge in [0.2, 0.25) is 0 Å². The predicted octanol–water partition coefficient (Wildman–Crippen LogP) is 4.51. The molecular formula is C16H13Br2NO2. The Kier molecular flexibility index (Phi) is 4.04. The van der Waals surface area contributed by atoms with Gasteiger partial charge in [-0.3, -0.25) is 4.79 Å². The summed E-state index contributed by atoms with van der Waals surface area (Å²) in [5, 5.41) is 10.1. The summed E-state index contributed by atoms with van der Waals surface area (Å²) in [7, 11) is 0. The second-order valence-electron chi connectivity index (χ2n) is 4.97. The number of carbonyl (C=O) groups is 1. The standard InChI is InChI=1S/C16H13Br2NO2/c17-11-6-7-12(13(18)9-11)16(21)19-8-2-4-10-3-1-5-14(20)15(10)19/h1,3,5-7,9,20H,2,4,8H2. The van der Waals surface area contributed by atoms with Crippen LogP contribution in [0.1, 0.15) is 22.3 Å². The topological polar surface area (TPSA) is 40.5 Å². The maximum Gasteiger partial charge on any atom is 0.259 e. The lowest BCUT2D eigenvalue weighted by atomic mass is 10.00. The summed E-state index contributed by atoms with van der Waals surface area (Å²) in [6.45, 7) is 0.617. The SMILES string of the molecule is O=C(c1ccc(Br)cc1Br)N1CCCc2cccc(O)c21. The summed E-state index contributed by atoms with van der Waals surface area (Å²) >= 11 is 6.82. The Labute approximate surface area is 139 Å². The monoisotopic (exact) mass is 409 g/mol. The Bertz CT molecular complexity index is 715. The van der Waals surface area contributed by atoms with Gasteiger partial charge in [-0.25, -0.2) is 0 Å². The summed E-state index contributed by atoms with van der Waals surface area (Å²) in [6, 6.07) is 10.9. The van der Waals surface area contributed by atoms with Crippen molar-refractivity contribution >= 4 is 43.5 Å². The molecule has 0 fully saturated rings. The molecule has 3 rings (SSSR count). The van der Waals surface area contributed by atoms with Crippen molar-refractivity contribution in [3.8, 4) is 5.75 Å². The Morgan fingerprint density at radius 2 is 2.00 bits per heavy atom. The zero-order valence-corrected chi connectivity index (χ0v) is 14.3. The lowest BCUT2D eigenvalue weighted by molar-refractivity contribution is 0.0983. The Balaban J connectivity index is 2.04. The molecule has 1 amide bonds. The molecule has 0 radical (unpaired) electrons. The van der Waals surface area contributed by atoms with E-state index in [1.54, 1.807) is 17.0 Å². The highest BCUT2D eigenvalue weighted by Crippen LogP contribution is 2.37. The summed E-state index contributed by atoms with van der Waals surface area (Å²) in [5.41, 5.74) is 2.25. The minimum absolute atomic E-state index is 0.100. The zero-order valence-electron chi connectivity index (χ0n) is 11.1. The number of benzene rings is 2. The van der Waals surface area contributed by atoms with Gasteiger partial charge in [0.15, 0.2) is 0 Å². The van der Waals surface area contributed by atoms with Crippen LogP contribution in [0.2, 0.25) is 0 Å². The summed E-state index contributed by atoms with van der Waals surface area (Å²) in [4.78, 5) is 14.5. The van der Waals surface area contributed by atoms with Crippen molar-refractivity contribution in [2.75, 3.05) is 11.4 Å². The average Bonchev–Trinajstić information content (AvgIpc) is 2.46. The molecule has 0 aromatic heterocycles. The quantitative estimate of drug-likeness (QED) is 0.751. The van der Waals surface area contributed by atoms with Crippen LogP contribution in [0.5, 0.6) is 5.75 Å². The molecule has 0 bridgehead atoms. The van der Waals surface area contributed by atoms with Crippen molar-refractivity contribution in [3.05, 3.63) is 56.5 Å². The van der Waals surface area contributed by atoms with Gasteiger partial charge in [-0.2, -0.15) is 0 Å². The number of aryl methyl sites for hydroxylation is 1. The van der Waals surface area contributed by atoms with Gasteiger partial charge in [-0.05, 0) is 58.6 Å². The van der Waals surface area contributed by atoms with Crippen LogP contribution in [-0.2, 0) is 6.42 Å². The van der Waals surface area contributed by atoms with E-state index in [1.807, 2.05) is 24.3 Å². The van der Waals surface area contributed by atoms with Crippen LogP contribution in [0.25, 0.3) is 0 Å². The predicted molar refractivity (Wildman–Crippen MR) is 89.9 cm³/mol. The number of phenolic OH excluding ortho intramolecular Hbond substituents is 1. The highest BCUT2D eigenvalue weighted by molar-refractivity contribution is 9.11. The fourth-order valence-electron chi connectivity index (χ4n) is 2.64. The summed E-state index contributed by atoms with van der Waals surface area (Å²) < 4.78 is 1.65. The first-order valence-electron chi connectivity index (χ1n) is 6.65. The highest BCUT2D eigenvalue weighted by atomic mass is 79.9. The van der Waals surface area contributed by atoms with Gasteiger partial charge in [0.25, 0.3) is 5.91 Å². The molecule has 2 aromatic rings. The van der Waals surface area contributed by atoms with E-state index in [0.29, 0.717) is 17.8 Å². The molecule has 2 aromatic carbocycles. The third kappa shape index (κ3) is 2.72. The zero-order chi connectivity index (χ0) is 15.0. The molecule has 0 atom stereocenters. The van der Waals surface area contributed by atoms with E-state index in [4.69, 9.17) is 0 Å². The molecule has 0 spiro atoms. The number of halogens is 2. The van der Waals surface area contributed by atoms with Gasteiger partial charge in [-0.1, -0.05) is 28.1 Å². The van der Waals surface area contributed by atoms with Crippen LogP contribution >= 0.6 is 31.9 Å². The average molecular weight is 411 g/mol. The number of phenols is 1. The number of carbonyl (C=O) groups excluding carboxylic acids is 1. The fraction of sp³-hybridized carbons (Fsp3) is 0.188. The number of hydrogen-bond acceptors (Lipinski definition) is 2. The molecule has 21 heavy (non-hydrogen) atoms. The molecule has 1 N–H and O–H groups in total. The number of fused-ring (bicyclic) bond motifs is 1. The molecule has 108 valence electrons. The first kappa shape index (κ1) is 14.6. The number of aromatic hydroxyl groups is 1. The smallest absolute Gasteiger partial charge is 0.259 e. The molecular weight excluding hydrogens is 398 g/mol. The van der Waals surface area contributed by atoms with Crippen molar-refractivity contribution < 1.29 is 9.90 Å². The summed E-state index contributed by atoms with van der Waals surface area (Å²) in [6.07, 6.45) is 1.78. The summed E-state index contributed by atoms with van der Waals surface area (Å²) in [5.74, 6) is 0.0607. The van der Waals surface area contributed by atoms with Crippen LogP contribution < -0.4 is 4.90 Å². The molecule has 0 saturated heterocycles. The second-order valence-corrected chi connectivity index (χ2v) is 6.74. The highest BCUT2D eigenvalue weighted by Gasteiger charge is 2.27.